The molecule has 0 fully saturated rings. The van der Waals surface area contributed by atoms with Crippen molar-refractivity contribution in [2.45, 2.75) is 19.3 Å². The van der Waals surface area contributed by atoms with Crippen molar-refractivity contribution in [2.75, 3.05) is 13.7 Å². The minimum atomic E-state index is -4.38. The number of nitrogens with zero attached hydrogens (tertiary/aromatic N) is 3. The molecule has 6 nitrogen and oxygen atoms in total. The molecule has 2 rings (SSSR count). The van der Waals surface area contributed by atoms with Gasteiger partial charge in [0.05, 0.1) is 12.2 Å². The molecule has 2 N–H and O–H groups in total. The van der Waals surface area contributed by atoms with E-state index in [2.05, 4.69) is 30.3 Å². The molecule has 0 aliphatic heterocycles. The second-order valence-electron chi connectivity index (χ2n) is 5.01. The summed E-state index contributed by atoms with van der Waals surface area (Å²) in [6.45, 7) is -0.431. The van der Waals surface area contributed by atoms with Crippen molar-refractivity contribution in [3.05, 3.63) is 54.0 Å². The highest BCUT2D eigenvalue weighted by molar-refractivity contribution is 5.79. The summed E-state index contributed by atoms with van der Waals surface area (Å²) in [6.07, 6.45) is -1.22. The number of alkyl halides is 3. The lowest BCUT2D eigenvalue weighted by Gasteiger charge is -2.12. The standard InChI is InChI=1S/C16H18F3N5O/c1-20-15(24-10-13-4-2-3-7-21-13)23-9-12-5-6-14(22-8-12)25-11-16(17,18)19/h2-8H,9-11H2,1H3,(H2,20,23,24). The van der Waals surface area contributed by atoms with E-state index < -0.39 is 12.8 Å². The average Bonchev–Trinajstić information content (AvgIpc) is 2.61. The van der Waals surface area contributed by atoms with Crippen LogP contribution in [-0.2, 0) is 13.1 Å². The summed E-state index contributed by atoms with van der Waals surface area (Å²) in [6, 6.07) is 8.66. The zero-order chi connectivity index (χ0) is 18.1. The molecule has 0 aromatic carbocycles. The molecule has 2 heterocycles. The van der Waals surface area contributed by atoms with Gasteiger partial charge in [-0.05, 0) is 17.7 Å². The van der Waals surface area contributed by atoms with Crippen LogP contribution >= 0.6 is 0 Å². The molecular formula is C16H18F3N5O. The third-order valence-electron chi connectivity index (χ3n) is 3.03. The molecular weight excluding hydrogens is 335 g/mol. The van der Waals surface area contributed by atoms with Gasteiger partial charge in [0, 0.05) is 32.1 Å². The molecule has 2 aromatic rings. The van der Waals surface area contributed by atoms with Gasteiger partial charge >= 0.3 is 6.18 Å². The smallest absolute Gasteiger partial charge is 0.422 e. The number of ether oxygens (including phenoxy) is 1. The zero-order valence-corrected chi connectivity index (χ0v) is 13.5. The quantitative estimate of drug-likeness (QED) is 0.616. The molecule has 2 aromatic heterocycles. The van der Waals surface area contributed by atoms with Crippen LogP contribution in [0.3, 0.4) is 0 Å². The number of halogens is 3. The number of aliphatic imine (C=N–C) groups is 1. The number of aromatic nitrogens is 2. The molecule has 0 amide bonds. The van der Waals surface area contributed by atoms with Crippen LogP contribution in [0, 0.1) is 0 Å². The van der Waals surface area contributed by atoms with Gasteiger partial charge in [-0.1, -0.05) is 12.1 Å². The first-order chi connectivity index (χ1) is 12.0. The fourth-order valence-corrected chi connectivity index (χ4v) is 1.84. The fraction of sp³-hybridized carbons (Fsp3) is 0.312. The van der Waals surface area contributed by atoms with Gasteiger partial charge in [0.2, 0.25) is 5.88 Å². The molecule has 9 heteroatoms. The molecule has 0 aliphatic rings. The summed E-state index contributed by atoms with van der Waals surface area (Å²) in [7, 11) is 1.64. The van der Waals surface area contributed by atoms with Crippen molar-refractivity contribution in [1.29, 1.82) is 0 Å². The van der Waals surface area contributed by atoms with E-state index in [0.29, 0.717) is 19.0 Å². The summed E-state index contributed by atoms with van der Waals surface area (Å²) >= 11 is 0. The first kappa shape index (κ1) is 18.5. The Kier molecular flexibility index (Phi) is 6.55. The molecule has 0 bridgehead atoms. The summed E-state index contributed by atoms with van der Waals surface area (Å²) < 4.78 is 40.8. The number of pyridine rings is 2. The van der Waals surface area contributed by atoms with E-state index in [0.717, 1.165) is 11.3 Å². The van der Waals surface area contributed by atoms with Crippen LogP contribution in [-0.4, -0.2) is 35.8 Å². The largest absolute Gasteiger partial charge is 0.468 e. The lowest BCUT2D eigenvalue weighted by molar-refractivity contribution is -0.154. The van der Waals surface area contributed by atoms with Gasteiger partial charge in [0.25, 0.3) is 0 Å². The molecule has 134 valence electrons. The van der Waals surface area contributed by atoms with Crippen LogP contribution < -0.4 is 15.4 Å². The number of nitrogens with one attached hydrogen (secondary N) is 2. The van der Waals surface area contributed by atoms with Crippen molar-refractivity contribution in [1.82, 2.24) is 20.6 Å². The van der Waals surface area contributed by atoms with Crippen LogP contribution in [0.5, 0.6) is 5.88 Å². The molecule has 0 saturated carbocycles. The van der Waals surface area contributed by atoms with E-state index in [9.17, 15) is 13.2 Å². The maximum Gasteiger partial charge on any atom is 0.422 e. The first-order valence-electron chi connectivity index (χ1n) is 7.45. The van der Waals surface area contributed by atoms with Crippen LogP contribution in [0.4, 0.5) is 13.2 Å². The molecule has 25 heavy (non-hydrogen) atoms. The number of rotatable bonds is 6. The van der Waals surface area contributed by atoms with Crippen molar-refractivity contribution in [3.8, 4) is 5.88 Å². The lowest BCUT2D eigenvalue weighted by atomic mass is 10.3. The fourth-order valence-electron chi connectivity index (χ4n) is 1.84. The number of hydrogen-bond acceptors (Lipinski definition) is 4. The molecule has 0 spiro atoms. The minimum absolute atomic E-state index is 0.0706. The Morgan fingerprint density at radius 3 is 2.52 bits per heavy atom. The SMILES string of the molecule is CN=C(NCc1ccc(OCC(F)(F)F)nc1)NCc1ccccn1. The molecule has 0 radical (unpaired) electrons. The van der Waals surface area contributed by atoms with Gasteiger partial charge < -0.3 is 15.4 Å². The van der Waals surface area contributed by atoms with E-state index in [1.165, 1.54) is 12.3 Å². The van der Waals surface area contributed by atoms with Crippen molar-refractivity contribution >= 4 is 5.96 Å². The first-order valence-corrected chi connectivity index (χ1v) is 7.45. The van der Waals surface area contributed by atoms with Crippen molar-refractivity contribution < 1.29 is 17.9 Å². The van der Waals surface area contributed by atoms with Gasteiger partial charge in [-0.3, -0.25) is 9.98 Å². The predicted molar refractivity (Wildman–Crippen MR) is 87.1 cm³/mol. The third-order valence-corrected chi connectivity index (χ3v) is 3.03. The summed E-state index contributed by atoms with van der Waals surface area (Å²) in [5, 5.41) is 6.19. The monoisotopic (exact) mass is 353 g/mol. The van der Waals surface area contributed by atoms with Crippen LogP contribution in [0.15, 0.2) is 47.7 Å². The van der Waals surface area contributed by atoms with Gasteiger partial charge in [-0.25, -0.2) is 4.98 Å². The topological polar surface area (TPSA) is 71.4 Å². The Balaban J connectivity index is 1.79. The average molecular weight is 353 g/mol. The van der Waals surface area contributed by atoms with E-state index in [1.54, 1.807) is 19.3 Å². The summed E-state index contributed by atoms with van der Waals surface area (Å²) in [5.41, 5.74) is 1.65. The highest BCUT2D eigenvalue weighted by Gasteiger charge is 2.28. The highest BCUT2D eigenvalue weighted by atomic mass is 19.4. The molecule has 0 aliphatic carbocycles. The van der Waals surface area contributed by atoms with Gasteiger partial charge in [0.15, 0.2) is 12.6 Å². The van der Waals surface area contributed by atoms with E-state index in [4.69, 9.17) is 0 Å². The normalized spacial score (nSPS) is 11.9. The molecule has 0 atom stereocenters. The van der Waals surface area contributed by atoms with E-state index >= 15 is 0 Å². The zero-order valence-electron chi connectivity index (χ0n) is 13.5. The Labute approximate surface area is 143 Å². The Bertz CT molecular complexity index is 674. The summed E-state index contributed by atoms with van der Waals surface area (Å²) in [5.74, 6) is 0.502. The van der Waals surface area contributed by atoms with Crippen molar-refractivity contribution in [3.63, 3.8) is 0 Å². The maximum absolute atomic E-state index is 12.1. The number of guanidine groups is 1. The minimum Gasteiger partial charge on any atom is -0.468 e. The molecule has 0 saturated heterocycles. The van der Waals surface area contributed by atoms with Crippen LogP contribution in [0.25, 0.3) is 0 Å². The number of hydrogen-bond donors (Lipinski definition) is 2. The van der Waals surface area contributed by atoms with Gasteiger partial charge in [-0.15, -0.1) is 0 Å². The highest BCUT2D eigenvalue weighted by Crippen LogP contribution is 2.16. The Morgan fingerprint density at radius 2 is 1.92 bits per heavy atom. The Morgan fingerprint density at radius 1 is 1.12 bits per heavy atom. The molecule has 0 unspecified atom stereocenters. The van der Waals surface area contributed by atoms with E-state index in [1.807, 2.05) is 18.2 Å². The maximum atomic E-state index is 12.1. The van der Waals surface area contributed by atoms with Crippen molar-refractivity contribution in [2.24, 2.45) is 4.99 Å². The predicted octanol–water partition coefficient (Wildman–Crippen LogP) is 2.28. The van der Waals surface area contributed by atoms with Crippen LogP contribution in [0.1, 0.15) is 11.3 Å². The lowest BCUT2D eigenvalue weighted by Crippen LogP contribution is -2.36. The summed E-state index contributed by atoms with van der Waals surface area (Å²) in [4.78, 5) is 12.1. The Hall–Kier alpha value is -2.84. The van der Waals surface area contributed by atoms with Gasteiger partial charge in [-0.2, -0.15) is 13.2 Å². The van der Waals surface area contributed by atoms with E-state index in [-0.39, 0.29) is 5.88 Å². The third kappa shape index (κ3) is 7.06. The second kappa shape index (κ2) is 8.86. The second-order valence-corrected chi connectivity index (χ2v) is 5.01. The van der Waals surface area contributed by atoms with Crippen LogP contribution in [0.2, 0.25) is 0 Å². The van der Waals surface area contributed by atoms with Gasteiger partial charge in [0.1, 0.15) is 0 Å².